The number of carbonyl (C=O) groups is 1. The zero-order chi connectivity index (χ0) is 23.9. The molecular formula is C22H19F3N4O4. The highest BCUT2D eigenvalue weighted by Crippen LogP contribution is 2.38. The number of anilines is 1. The Morgan fingerprint density at radius 2 is 1.88 bits per heavy atom. The van der Waals surface area contributed by atoms with Crippen molar-refractivity contribution in [2.24, 2.45) is 0 Å². The summed E-state index contributed by atoms with van der Waals surface area (Å²) in [6.45, 7) is 1.70. The monoisotopic (exact) mass is 460 g/mol. The molecule has 3 aromatic heterocycles. The lowest BCUT2D eigenvalue weighted by atomic mass is 10.1. The van der Waals surface area contributed by atoms with Crippen LogP contribution in [0.2, 0.25) is 0 Å². The average molecular weight is 460 g/mol. The molecule has 0 aliphatic carbocycles. The summed E-state index contributed by atoms with van der Waals surface area (Å²) in [6, 6.07) is 8.11. The van der Waals surface area contributed by atoms with E-state index in [9.17, 15) is 23.1 Å². The van der Waals surface area contributed by atoms with E-state index < -0.39 is 29.9 Å². The molecule has 1 aliphatic heterocycles. The second-order valence-corrected chi connectivity index (χ2v) is 7.28. The van der Waals surface area contributed by atoms with Crippen LogP contribution in [-0.4, -0.2) is 46.4 Å². The topological polar surface area (TPSA) is 97.7 Å². The van der Waals surface area contributed by atoms with E-state index >= 15 is 0 Å². The van der Waals surface area contributed by atoms with Gasteiger partial charge in [0.2, 0.25) is 0 Å². The van der Waals surface area contributed by atoms with Crippen molar-refractivity contribution in [2.45, 2.75) is 25.2 Å². The van der Waals surface area contributed by atoms with Gasteiger partial charge in [-0.15, -0.1) is 0 Å². The van der Waals surface area contributed by atoms with Gasteiger partial charge >= 0.3 is 6.18 Å². The smallest absolute Gasteiger partial charge is 0.420 e. The summed E-state index contributed by atoms with van der Waals surface area (Å²) in [5.41, 5.74) is 1.31. The van der Waals surface area contributed by atoms with Crippen LogP contribution >= 0.6 is 0 Å². The number of carbonyl (C=O) groups excluding carboxylic acids is 1. The summed E-state index contributed by atoms with van der Waals surface area (Å²) in [7, 11) is 2.95. The maximum atomic E-state index is 13.0. The Balaban J connectivity index is 1.70. The number of halogens is 3. The molecule has 0 fully saturated rings. The van der Waals surface area contributed by atoms with Crippen LogP contribution < -0.4 is 14.4 Å². The molecule has 0 spiro atoms. The third kappa shape index (κ3) is 3.95. The van der Waals surface area contributed by atoms with Gasteiger partial charge < -0.3 is 14.6 Å². The highest BCUT2D eigenvalue weighted by Gasteiger charge is 2.42. The van der Waals surface area contributed by atoms with E-state index in [2.05, 4.69) is 15.0 Å². The molecule has 0 saturated carbocycles. The Bertz CT molecular complexity index is 1220. The number of hydrogen-bond donors (Lipinski definition) is 1. The largest absolute Gasteiger partial charge is 0.491 e. The standard InChI is InChI=1S/C22H19F3N4O4/c1-11-18-13(7-8-14(28-18)12-9-16(32-2)20(33-3)26-10-12)21(31)29(11)17-6-4-5-15(27-17)19(30)22(23,24)25/h4-11,19,30H,1-3H3. The minimum absolute atomic E-state index is 0.0133. The van der Waals surface area contributed by atoms with Gasteiger partial charge in [0.05, 0.1) is 42.9 Å². The lowest BCUT2D eigenvalue weighted by Crippen LogP contribution is -2.28. The van der Waals surface area contributed by atoms with E-state index in [1.807, 2.05) is 0 Å². The van der Waals surface area contributed by atoms with Crippen molar-refractivity contribution >= 4 is 11.7 Å². The second-order valence-electron chi connectivity index (χ2n) is 7.28. The summed E-state index contributed by atoms with van der Waals surface area (Å²) >= 11 is 0. The normalized spacial score (nSPS) is 16.5. The van der Waals surface area contributed by atoms with Crippen LogP contribution in [-0.2, 0) is 0 Å². The molecule has 4 rings (SSSR count). The van der Waals surface area contributed by atoms with Gasteiger partial charge in [-0.1, -0.05) is 6.07 Å². The predicted octanol–water partition coefficient (Wildman–Crippen LogP) is 3.87. The predicted molar refractivity (Wildman–Crippen MR) is 111 cm³/mol. The first-order valence-corrected chi connectivity index (χ1v) is 9.80. The molecule has 11 heteroatoms. The number of amides is 1. The van der Waals surface area contributed by atoms with Gasteiger partial charge in [-0.3, -0.25) is 9.69 Å². The number of aliphatic hydroxyl groups is 1. The number of aromatic nitrogens is 3. The van der Waals surface area contributed by atoms with Crippen LogP contribution in [0.15, 0.2) is 42.6 Å². The van der Waals surface area contributed by atoms with E-state index in [0.717, 1.165) is 6.07 Å². The van der Waals surface area contributed by atoms with E-state index in [1.54, 1.807) is 31.3 Å². The fourth-order valence-electron chi connectivity index (χ4n) is 3.63. The third-order valence-corrected chi connectivity index (χ3v) is 5.28. The quantitative estimate of drug-likeness (QED) is 0.617. The van der Waals surface area contributed by atoms with Gasteiger partial charge in [0.25, 0.3) is 11.8 Å². The lowest BCUT2D eigenvalue weighted by molar-refractivity contribution is -0.207. The number of pyridine rings is 3. The van der Waals surface area contributed by atoms with Gasteiger partial charge in [-0.05, 0) is 37.3 Å². The molecular weight excluding hydrogens is 441 g/mol. The number of fused-ring (bicyclic) bond motifs is 1. The molecule has 3 aromatic rings. The van der Waals surface area contributed by atoms with E-state index in [0.29, 0.717) is 34.1 Å². The van der Waals surface area contributed by atoms with Crippen molar-refractivity contribution in [2.75, 3.05) is 19.1 Å². The first kappa shape index (κ1) is 22.5. The Kier molecular flexibility index (Phi) is 5.66. The minimum Gasteiger partial charge on any atom is -0.491 e. The highest BCUT2D eigenvalue weighted by molar-refractivity contribution is 6.10. The van der Waals surface area contributed by atoms with Crippen molar-refractivity contribution in [1.82, 2.24) is 15.0 Å². The van der Waals surface area contributed by atoms with Crippen LogP contribution in [0.25, 0.3) is 11.3 Å². The molecule has 2 unspecified atom stereocenters. The van der Waals surface area contributed by atoms with E-state index in [-0.39, 0.29) is 5.82 Å². The van der Waals surface area contributed by atoms with Crippen molar-refractivity contribution in [3.8, 4) is 22.9 Å². The molecule has 1 aliphatic rings. The van der Waals surface area contributed by atoms with E-state index in [4.69, 9.17) is 9.47 Å². The molecule has 1 N–H and O–H groups in total. The van der Waals surface area contributed by atoms with Crippen LogP contribution in [0, 0.1) is 0 Å². The third-order valence-electron chi connectivity index (χ3n) is 5.28. The van der Waals surface area contributed by atoms with Crippen molar-refractivity contribution in [3.63, 3.8) is 0 Å². The Morgan fingerprint density at radius 3 is 2.55 bits per heavy atom. The van der Waals surface area contributed by atoms with Gasteiger partial charge in [-0.25, -0.2) is 15.0 Å². The van der Waals surface area contributed by atoms with Crippen molar-refractivity contribution in [3.05, 3.63) is 59.5 Å². The number of hydrogen-bond acceptors (Lipinski definition) is 7. The van der Waals surface area contributed by atoms with Gasteiger partial charge in [0.1, 0.15) is 5.82 Å². The van der Waals surface area contributed by atoms with Crippen molar-refractivity contribution < 1.29 is 32.5 Å². The van der Waals surface area contributed by atoms with Crippen LogP contribution in [0.4, 0.5) is 19.0 Å². The lowest BCUT2D eigenvalue weighted by Gasteiger charge is -2.22. The molecule has 0 bridgehead atoms. The zero-order valence-electron chi connectivity index (χ0n) is 17.8. The number of rotatable bonds is 5. The number of aliphatic hydroxyl groups excluding tert-OH is 1. The fraction of sp³-hybridized carbons (Fsp3) is 0.273. The van der Waals surface area contributed by atoms with Gasteiger partial charge in [0, 0.05) is 11.8 Å². The molecule has 8 nitrogen and oxygen atoms in total. The van der Waals surface area contributed by atoms with Crippen LogP contribution in [0.5, 0.6) is 11.6 Å². The Labute approximate surface area is 186 Å². The number of alkyl halides is 3. The molecule has 2 atom stereocenters. The molecule has 1 amide bonds. The number of methoxy groups -OCH3 is 2. The Hall–Kier alpha value is -3.73. The Morgan fingerprint density at radius 1 is 1.12 bits per heavy atom. The SMILES string of the molecule is COc1cc(-c2ccc3c(n2)C(C)N(c2cccc(C(O)C(F)(F)F)n2)C3=O)cnc1OC. The summed E-state index contributed by atoms with van der Waals surface area (Å²) in [5, 5.41) is 9.54. The maximum absolute atomic E-state index is 13.0. The van der Waals surface area contributed by atoms with Crippen LogP contribution in [0.1, 0.15) is 40.8 Å². The molecule has 0 radical (unpaired) electrons. The molecule has 0 saturated heterocycles. The highest BCUT2D eigenvalue weighted by atomic mass is 19.4. The molecule has 172 valence electrons. The second kappa shape index (κ2) is 8.32. The molecule has 4 heterocycles. The number of nitrogens with zero attached hydrogens (tertiary/aromatic N) is 4. The summed E-state index contributed by atoms with van der Waals surface area (Å²) in [4.78, 5) is 27.0. The number of ether oxygens (including phenoxy) is 2. The van der Waals surface area contributed by atoms with Crippen molar-refractivity contribution in [1.29, 1.82) is 0 Å². The minimum atomic E-state index is -4.88. The summed E-state index contributed by atoms with van der Waals surface area (Å²) in [6.07, 6.45) is -6.08. The molecule has 33 heavy (non-hydrogen) atoms. The summed E-state index contributed by atoms with van der Waals surface area (Å²) in [5.74, 6) is 0.255. The molecule has 0 aromatic carbocycles. The average Bonchev–Trinajstić information content (AvgIpc) is 3.06. The zero-order valence-corrected chi connectivity index (χ0v) is 17.8. The van der Waals surface area contributed by atoms with Gasteiger partial charge in [0.15, 0.2) is 11.9 Å². The van der Waals surface area contributed by atoms with Crippen LogP contribution in [0.3, 0.4) is 0 Å². The van der Waals surface area contributed by atoms with Gasteiger partial charge in [-0.2, -0.15) is 13.2 Å². The summed E-state index contributed by atoms with van der Waals surface area (Å²) < 4.78 is 49.2. The van der Waals surface area contributed by atoms with E-state index in [1.165, 1.54) is 31.3 Å². The first-order valence-electron chi connectivity index (χ1n) is 9.80. The maximum Gasteiger partial charge on any atom is 0.420 e. The fourth-order valence-corrected chi connectivity index (χ4v) is 3.63. The first-order chi connectivity index (χ1) is 15.7.